The van der Waals surface area contributed by atoms with Gasteiger partial charge in [-0.3, -0.25) is 19.2 Å². The van der Waals surface area contributed by atoms with E-state index in [1.54, 1.807) is 0 Å². The number of pyridine rings is 1. The Labute approximate surface area is 265 Å². The van der Waals surface area contributed by atoms with Crippen molar-refractivity contribution in [2.45, 2.75) is 52.7 Å². The van der Waals surface area contributed by atoms with Crippen LogP contribution in [-0.2, 0) is 20.9 Å². The smallest absolute Gasteiger partial charge is 0.334 e. The molecule has 3 aromatic rings. The number of nitrogens with one attached hydrogen (secondary N) is 1. The maximum absolute atomic E-state index is 15.7. The fourth-order valence-corrected chi connectivity index (χ4v) is 6.30. The van der Waals surface area contributed by atoms with E-state index < -0.39 is 64.5 Å². The third-order valence-electron chi connectivity index (χ3n) is 8.76. The van der Waals surface area contributed by atoms with Crippen molar-refractivity contribution in [2.24, 2.45) is 5.92 Å². The number of carbonyl (C=O) groups is 4. The highest BCUT2D eigenvalue weighted by atomic mass is 19.2. The van der Waals surface area contributed by atoms with Gasteiger partial charge in [-0.2, -0.15) is 0 Å². The predicted molar refractivity (Wildman–Crippen MR) is 167 cm³/mol. The van der Waals surface area contributed by atoms with E-state index in [9.17, 15) is 29.1 Å². The number of carboxylic acid groups (broad SMARTS) is 1. The lowest BCUT2D eigenvalue weighted by Gasteiger charge is -2.29. The molecule has 1 aromatic heterocycles. The molecule has 46 heavy (non-hydrogen) atoms. The summed E-state index contributed by atoms with van der Waals surface area (Å²) in [5.74, 6) is -5.67. The highest BCUT2D eigenvalue weighted by Gasteiger charge is 2.66. The fraction of sp³-hybridized carbons (Fsp3) is 0.382. The van der Waals surface area contributed by atoms with E-state index in [-0.39, 0.29) is 36.0 Å². The number of benzene rings is 2. The number of quaternary nitrogens is 1. The molecule has 12 heteroatoms. The molecule has 1 fully saturated rings. The molecule has 10 nitrogen and oxygen atoms in total. The Balaban J connectivity index is 1.71. The Morgan fingerprint density at radius 2 is 1.72 bits per heavy atom. The summed E-state index contributed by atoms with van der Waals surface area (Å²) in [7, 11) is 3.06. The van der Waals surface area contributed by atoms with Gasteiger partial charge >= 0.3 is 11.9 Å². The summed E-state index contributed by atoms with van der Waals surface area (Å²) < 4.78 is 31.5. The minimum Gasteiger partial charge on any atom is -0.481 e. The number of halogens is 2. The first-order valence-electron chi connectivity index (χ1n) is 15.0. The van der Waals surface area contributed by atoms with Crippen LogP contribution < -0.4 is 10.9 Å². The number of aromatic nitrogens is 1. The van der Waals surface area contributed by atoms with Gasteiger partial charge in [-0.15, -0.1) is 0 Å². The SMILES string of the molecule is Cc1cccc(C)c1-c1cc(F)c(F)c(C(CC(=O)O)[N+]2(C(=O)CNC(=O)c3cccn(CC(=O)N(C)C)c3=O)CC2C(C)C)c1. The summed E-state index contributed by atoms with van der Waals surface area (Å²) in [6.07, 6.45) is 0.699. The average molecular weight is 638 g/mol. The number of nitrogens with zero attached hydrogens (tertiary/aromatic N) is 3. The number of carboxylic acids is 1. The lowest BCUT2D eigenvalue weighted by molar-refractivity contribution is -0.772. The lowest BCUT2D eigenvalue weighted by atomic mass is 9.91. The summed E-state index contributed by atoms with van der Waals surface area (Å²) >= 11 is 0. The molecule has 0 radical (unpaired) electrons. The molecular formula is C34H39F2N4O6+. The Bertz CT molecular complexity index is 1750. The first kappa shape index (κ1) is 34.2. The van der Waals surface area contributed by atoms with Gasteiger partial charge in [0.25, 0.3) is 11.5 Å². The van der Waals surface area contributed by atoms with Gasteiger partial charge in [-0.25, -0.2) is 18.1 Å². The molecule has 0 saturated carbocycles. The number of hydrogen-bond acceptors (Lipinski definition) is 5. The molecule has 0 bridgehead atoms. The summed E-state index contributed by atoms with van der Waals surface area (Å²) in [5.41, 5.74) is 1.39. The van der Waals surface area contributed by atoms with Gasteiger partial charge in [0.1, 0.15) is 43.7 Å². The summed E-state index contributed by atoms with van der Waals surface area (Å²) in [6.45, 7) is 6.63. The van der Waals surface area contributed by atoms with E-state index >= 15 is 8.78 Å². The summed E-state index contributed by atoms with van der Waals surface area (Å²) in [6, 6.07) is 8.97. The maximum atomic E-state index is 15.7. The Morgan fingerprint density at radius 3 is 2.28 bits per heavy atom. The zero-order chi connectivity index (χ0) is 34.1. The van der Waals surface area contributed by atoms with Crippen LogP contribution in [0.1, 0.15) is 53.4 Å². The zero-order valence-electron chi connectivity index (χ0n) is 26.8. The molecule has 2 heterocycles. The average Bonchev–Trinajstić information content (AvgIpc) is 3.74. The molecule has 0 aliphatic carbocycles. The lowest BCUT2D eigenvalue weighted by Crippen LogP contribution is -2.48. The molecular weight excluding hydrogens is 598 g/mol. The normalized spacial score (nSPS) is 17.8. The zero-order valence-corrected chi connectivity index (χ0v) is 26.8. The number of aryl methyl sites for hydroxylation is 2. The molecule has 3 amide bonds. The van der Waals surface area contributed by atoms with Crippen molar-refractivity contribution >= 4 is 23.7 Å². The van der Waals surface area contributed by atoms with Gasteiger partial charge in [0.15, 0.2) is 11.6 Å². The van der Waals surface area contributed by atoms with Gasteiger partial charge in [-0.1, -0.05) is 32.0 Å². The molecule has 2 aromatic carbocycles. The monoisotopic (exact) mass is 637 g/mol. The van der Waals surface area contributed by atoms with Crippen molar-refractivity contribution in [1.29, 1.82) is 0 Å². The molecule has 3 atom stereocenters. The Morgan fingerprint density at radius 1 is 1.07 bits per heavy atom. The van der Waals surface area contributed by atoms with Crippen molar-refractivity contribution in [3.05, 3.63) is 92.9 Å². The molecule has 244 valence electrons. The third-order valence-corrected chi connectivity index (χ3v) is 8.76. The van der Waals surface area contributed by atoms with Crippen LogP contribution >= 0.6 is 0 Å². The van der Waals surface area contributed by atoms with E-state index in [2.05, 4.69) is 5.32 Å². The van der Waals surface area contributed by atoms with Crippen molar-refractivity contribution in [3.8, 4) is 11.1 Å². The van der Waals surface area contributed by atoms with Crippen LogP contribution in [-0.4, -0.2) is 76.0 Å². The van der Waals surface area contributed by atoms with Crippen LogP contribution in [0.4, 0.5) is 8.78 Å². The third kappa shape index (κ3) is 6.62. The van der Waals surface area contributed by atoms with Crippen LogP contribution in [0.25, 0.3) is 11.1 Å². The van der Waals surface area contributed by atoms with E-state index in [4.69, 9.17) is 0 Å². The van der Waals surface area contributed by atoms with E-state index in [1.807, 2.05) is 45.9 Å². The van der Waals surface area contributed by atoms with Crippen molar-refractivity contribution in [3.63, 3.8) is 0 Å². The number of aliphatic carboxylic acids is 1. The van der Waals surface area contributed by atoms with E-state index in [0.717, 1.165) is 21.8 Å². The van der Waals surface area contributed by atoms with Crippen LogP contribution in [0.3, 0.4) is 0 Å². The standard InChI is InChI=1S/C34H38F2N4O6/c1-19(2)27-18-40(27,29(42)16-37-33(45)23-11-8-12-39(34(23)46)17-28(41)38(5)6)26(15-30(43)44)24-13-22(14-25(35)32(24)36)31-20(3)9-7-10-21(31)4/h7-14,19,26-27H,15-18H2,1-6H3,(H-,37,43,44,45)/p+1. The first-order chi connectivity index (χ1) is 21.6. The maximum Gasteiger partial charge on any atom is 0.334 e. The predicted octanol–water partition coefficient (Wildman–Crippen LogP) is 3.83. The van der Waals surface area contributed by atoms with Crippen molar-refractivity contribution in [1.82, 2.24) is 14.8 Å². The number of amides is 3. The number of carbonyl (C=O) groups excluding carboxylic acids is 3. The Hall–Kier alpha value is -4.71. The van der Waals surface area contributed by atoms with Gasteiger partial charge in [0.2, 0.25) is 5.91 Å². The van der Waals surface area contributed by atoms with Crippen LogP contribution in [0.5, 0.6) is 0 Å². The largest absolute Gasteiger partial charge is 0.481 e. The van der Waals surface area contributed by atoms with Gasteiger partial charge in [0, 0.05) is 31.8 Å². The molecule has 1 aliphatic heterocycles. The number of rotatable bonds is 11. The van der Waals surface area contributed by atoms with E-state index in [1.165, 1.54) is 43.4 Å². The second kappa shape index (κ2) is 13.3. The van der Waals surface area contributed by atoms with Gasteiger partial charge < -0.3 is 19.9 Å². The molecule has 1 saturated heterocycles. The highest BCUT2D eigenvalue weighted by molar-refractivity contribution is 5.95. The van der Waals surface area contributed by atoms with E-state index in [0.29, 0.717) is 11.1 Å². The van der Waals surface area contributed by atoms with Crippen molar-refractivity contribution in [2.75, 3.05) is 27.2 Å². The van der Waals surface area contributed by atoms with Gasteiger partial charge in [-0.05, 0) is 60.4 Å². The first-order valence-corrected chi connectivity index (χ1v) is 15.0. The highest BCUT2D eigenvalue weighted by Crippen LogP contribution is 2.49. The van der Waals surface area contributed by atoms with Crippen LogP contribution in [0, 0.1) is 31.4 Å². The van der Waals surface area contributed by atoms with Gasteiger partial charge in [0.05, 0.1) is 0 Å². The number of hydrogen-bond donors (Lipinski definition) is 2. The quantitative estimate of drug-likeness (QED) is 0.243. The second-order valence-corrected chi connectivity index (χ2v) is 12.4. The summed E-state index contributed by atoms with van der Waals surface area (Å²) in [4.78, 5) is 65.7. The van der Waals surface area contributed by atoms with Crippen LogP contribution in [0.2, 0.25) is 0 Å². The molecule has 3 unspecified atom stereocenters. The molecule has 1 aliphatic rings. The summed E-state index contributed by atoms with van der Waals surface area (Å²) in [5, 5.41) is 12.4. The Kier molecular flexibility index (Phi) is 9.91. The van der Waals surface area contributed by atoms with Crippen molar-refractivity contribution < 1.29 is 37.5 Å². The minimum atomic E-state index is -1.30. The fourth-order valence-electron chi connectivity index (χ4n) is 6.30. The second-order valence-electron chi connectivity index (χ2n) is 12.4. The topological polar surface area (TPSA) is 126 Å². The number of likely N-dealkylation sites (N-methyl/N-ethyl adjacent to an activating group) is 1. The minimum absolute atomic E-state index is 0.138. The molecule has 4 rings (SSSR count). The molecule has 2 N–H and O–H groups in total. The molecule has 0 spiro atoms. The van der Waals surface area contributed by atoms with Crippen LogP contribution in [0.15, 0.2) is 53.5 Å².